The molecule has 1 saturated heterocycles. The van der Waals surface area contributed by atoms with E-state index in [1.807, 2.05) is 0 Å². The lowest BCUT2D eigenvalue weighted by atomic mass is 10.1. The molecule has 1 aliphatic rings. The van der Waals surface area contributed by atoms with Gasteiger partial charge in [-0.25, -0.2) is 4.98 Å². The van der Waals surface area contributed by atoms with Crippen LogP contribution in [0.15, 0.2) is 18.3 Å². The minimum Gasteiger partial charge on any atom is -0.385 e. The zero-order valence-corrected chi connectivity index (χ0v) is 7.87. The first-order valence-electron chi connectivity index (χ1n) is 4.78. The molecule has 0 aliphatic carbocycles. The van der Waals surface area contributed by atoms with Gasteiger partial charge in [0.05, 0.1) is 6.61 Å². The number of nitrogens with one attached hydrogen (secondary N) is 1. The molecule has 1 aliphatic heterocycles. The third kappa shape index (κ3) is 2.42. The molecule has 2 rings (SSSR count). The molecule has 14 heavy (non-hydrogen) atoms. The van der Waals surface area contributed by atoms with Gasteiger partial charge in [0.1, 0.15) is 0 Å². The van der Waals surface area contributed by atoms with E-state index in [2.05, 4.69) is 10.3 Å². The predicted octanol–water partition coefficient (Wildman–Crippen LogP) is 1.67. The third-order valence-electron chi connectivity index (χ3n) is 2.35. The molecule has 0 amide bonds. The summed E-state index contributed by atoms with van der Waals surface area (Å²) in [6.07, 6.45) is 2.55. The highest BCUT2D eigenvalue weighted by molar-refractivity contribution is 5.41. The fourth-order valence-corrected chi connectivity index (χ4v) is 1.52. The van der Waals surface area contributed by atoms with Crippen LogP contribution in [0.25, 0.3) is 0 Å². The van der Waals surface area contributed by atoms with Gasteiger partial charge in [-0.2, -0.15) is 4.39 Å². The van der Waals surface area contributed by atoms with E-state index in [4.69, 9.17) is 4.74 Å². The monoisotopic (exact) mass is 196 g/mol. The van der Waals surface area contributed by atoms with E-state index < -0.39 is 5.95 Å². The number of anilines is 1. The minimum absolute atomic E-state index is 0.447. The highest BCUT2D eigenvalue weighted by atomic mass is 19.1. The molecule has 0 spiro atoms. The largest absolute Gasteiger partial charge is 0.385 e. The van der Waals surface area contributed by atoms with Gasteiger partial charge in [-0.1, -0.05) is 0 Å². The van der Waals surface area contributed by atoms with Crippen molar-refractivity contribution in [2.45, 2.75) is 6.42 Å². The van der Waals surface area contributed by atoms with Crippen LogP contribution in [-0.2, 0) is 4.74 Å². The Kier molecular flexibility index (Phi) is 2.93. The van der Waals surface area contributed by atoms with Crippen molar-refractivity contribution in [1.82, 2.24) is 4.98 Å². The second kappa shape index (κ2) is 4.37. The Morgan fingerprint density at radius 1 is 1.64 bits per heavy atom. The fourth-order valence-electron chi connectivity index (χ4n) is 1.52. The van der Waals surface area contributed by atoms with Crippen molar-refractivity contribution in [3.8, 4) is 0 Å². The topological polar surface area (TPSA) is 34.1 Å². The lowest BCUT2D eigenvalue weighted by Crippen LogP contribution is -2.14. The van der Waals surface area contributed by atoms with Crippen molar-refractivity contribution in [1.29, 1.82) is 0 Å². The van der Waals surface area contributed by atoms with Crippen molar-refractivity contribution in [2.75, 3.05) is 25.1 Å². The summed E-state index contributed by atoms with van der Waals surface area (Å²) in [5.41, 5.74) is 0.782. The van der Waals surface area contributed by atoms with E-state index >= 15 is 0 Å². The molecule has 1 unspecified atom stereocenters. The van der Waals surface area contributed by atoms with E-state index in [0.29, 0.717) is 5.92 Å². The summed E-state index contributed by atoms with van der Waals surface area (Å²) in [7, 11) is 0. The summed E-state index contributed by atoms with van der Waals surface area (Å²) in [6.45, 7) is 2.49. The minimum atomic E-state index is -0.447. The molecule has 3 nitrogen and oxygen atoms in total. The maximum Gasteiger partial charge on any atom is 0.214 e. The van der Waals surface area contributed by atoms with Crippen LogP contribution < -0.4 is 5.32 Å². The molecule has 2 heterocycles. The molecule has 1 N–H and O–H groups in total. The summed E-state index contributed by atoms with van der Waals surface area (Å²) in [5.74, 6) is 0.101. The molecule has 0 aromatic carbocycles. The standard InChI is InChI=1S/C10H13FN2O/c11-10-5-9(1-3-12-10)13-6-8-2-4-14-7-8/h1,3,5,8H,2,4,6-7H2,(H,12,13). The van der Waals surface area contributed by atoms with Crippen LogP contribution in [-0.4, -0.2) is 24.7 Å². The average molecular weight is 196 g/mol. The van der Waals surface area contributed by atoms with Crippen LogP contribution in [0.3, 0.4) is 0 Å². The molecule has 0 saturated carbocycles. The maximum atomic E-state index is 12.7. The predicted molar refractivity (Wildman–Crippen MR) is 51.6 cm³/mol. The first kappa shape index (κ1) is 9.40. The quantitative estimate of drug-likeness (QED) is 0.747. The molecule has 1 fully saturated rings. The number of ether oxygens (including phenoxy) is 1. The Morgan fingerprint density at radius 3 is 3.29 bits per heavy atom. The van der Waals surface area contributed by atoms with Crippen LogP contribution in [0, 0.1) is 11.9 Å². The summed E-state index contributed by atoms with van der Waals surface area (Å²) in [6, 6.07) is 3.16. The van der Waals surface area contributed by atoms with Crippen LogP contribution in [0.2, 0.25) is 0 Å². The number of rotatable bonds is 3. The van der Waals surface area contributed by atoms with Gasteiger partial charge in [0.2, 0.25) is 5.95 Å². The van der Waals surface area contributed by atoms with Crippen LogP contribution in [0.4, 0.5) is 10.1 Å². The first-order valence-corrected chi connectivity index (χ1v) is 4.78. The Morgan fingerprint density at radius 2 is 2.57 bits per heavy atom. The van der Waals surface area contributed by atoms with E-state index in [1.54, 1.807) is 6.07 Å². The molecule has 1 aromatic heterocycles. The number of hydrogen-bond donors (Lipinski definition) is 1. The van der Waals surface area contributed by atoms with Crippen LogP contribution in [0.1, 0.15) is 6.42 Å². The Balaban J connectivity index is 1.85. The molecule has 76 valence electrons. The van der Waals surface area contributed by atoms with Gasteiger partial charge < -0.3 is 10.1 Å². The Hall–Kier alpha value is -1.16. The van der Waals surface area contributed by atoms with E-state index in [1.165, 1.54) is 12.3 Å². The Labute approximate surface area is 82.3 Å². The van der Waals surface area contributed by atoms with E-state index in [9.17, 15) is 4.39 Å². The number of hydrogen-bond acceptors (Lipinski definition) is 3. The number of nitrogens with zero attached hydrogens (tertiary/aromatic N) is 1. The van der Waals surface area contributed by atoms with Crippen molar-refractivity contribution in [3.05, 3.63) is 24.3 Å². The van der Waals surface area contributed by atoms with Gasteiger partial charge in [0, 0.05) is 37.0 Å². The lowest BCUT2D eigenvalue weighted by Gasteiger charge is -2.10. The zero-order chi connectivity index (χ0) is 9.80. The smallest absolute Gasteiger partial charge is 0.214 e. The molecule has 0 bridgehead atoms. The second-order valence-electron chi connectivity index (χ2n) is 3.48. The van der Waals surface area contributed by atoms with Gasteiger partial charge >= 0.3 is 0 Å². The van der Waals surface area contributed by atoms with Crippen molar-refractivity contribution >= 4 is 5.69 Å². The van der Waals surface area contributed by atoms with Crippen LogP contribution in [0.5, 0.6) is 0 Å². The molecular weight excluding hydrogens is 183 g/mol. The van der Waals surface area contributed by atoms with Gasteiger partial charge in [0.25, 0.3) is 0 Å². The average Bonchev–Trinajstić information content (AvgIpc) is 2.67. The van der Waals surface area contributed by atoms with Crippen LogP contribution >= 0.6 is 0 Å². The van der Waals surface area contributed by atoms with Crippen molar-refractivity contribution in [3.63, 3.8) is 0 Å². The summed E-state index contributed by atoms with van der Waals surface area (Å²) < 4.78 is 17.9. The van der Waals surface area contributed by atoms with Crippen molar-refractivity contribution < 1.29 is 9.13 Å². The van der Waals surface area contributed by atoms with Crippen molar-refractivity contribution in [2.24, 2.45) is 5.92 Å². The second-order valence-corrected chi connectivity index (χ2v) is 3.48. The number of aromatic nitrogens is 1. The molecular formula is C10H13FN2O. The highest BCUT2D eigenvalue weighted by Crippen LogP contribution is 2.14. The van der Waals surface area contributed by atoms with Gasteiger partial charge in [0.15, 0.2) is 0 Å². The number of halogens is 1. The Bertz CT molecular complexity index is 300. The normalized spacial score (nSPS) is 21.1. The summed E-state index contributed by atoms with van der Waals surface area (Å²) >= 11 is 0. The van der Waals surface area contributed by atoms with Gasteiger partial charge in [-0.3, -0.25) is 0 Å². The lowest BCUT2D eigenvalue weighted by molar-refractivity contribution is 0.187. The zero-order valence-electron chi connectivity index (χ0n) is 7.87. The molecule has 4 heteroatoms. The van der Waals surface area contributed by atoms with Gasteiger partial charge in [-0.05, 0) is 12.5 Å². The van der Waals surface area contributed by atoms with Gasteiger partial charge in [-0.15, -0.1) is 0 Å². The van der Waals surface area contributed by atoms with E-state index in [-0.39, 0.29) is 0 Å². The summed E-state index contributed by atoms with van der Waals surface area (Å²) in [4.78, 5) is 3.49. The third-order valence-corrected chi connectivity index (χ3v) is 2.35. The van der Waals surface area contributed by atoms with E-state index in [0.717, 1.165) is 31.9 Å². The highest BCUT2D eigenvalue weighted by Gasteiger charge is 2.14. The molecule has 1 aromatic rings. The maximum absolute atomic E-state index is 12.7. The first-order chi connectivity index (χ1) is 6.84. The molecule has 0 radical (unpaired) electrons. The molecule has 1 atom stereocenters. The SMILES string of the molecule is Fc1cc(NCC2CCOC2)ccn1. The fraction of sp³-hybridized carbons (Fsp3) is 0.500. The number of pyridine rings is 1. The summed E-state index contributed by atoms with van der Waals surface area (Å²) in [5, 5.41) is 3.17.